The highest BCUT2D eigenvalue weighted by Crippen LogP contribution is 2.33. The summed E-state index contributed by atoms with van der Waals surface area (Å²) in [5.74, 6) is 0.447. The first kappa shape index (κ1) is 16.7. The van der Waals surface area contributed by atoms with Gasteiger partial charge >= 0.3 is 0 Å². The number of azo groups is 1. The fraction of sp³-hybridized carbons (Fsp3) is 0.278. The molecule has 23 heavy (non-hydrogen) atoms. The maximum atomic E-state index is 12.0. The summed E-state index contributed by atoms with van der Waals surface area (Å²) in [4.78, 5) is 12.0. The quantitative estimate of drug-likeness (QED) is 0.840. The van der Waals surface area contributed by atoms with Crippen LogP contribution in [0.3, 0.4) is 0 Å². The van der Waals surface area contributed by atoms with Crippen molar-refractivity contribution >= 4 is 11.6 Å². The fourth-order valence-corrected chi connectivity index (χ4v) is 2.08. The van der Waals surface area contributed by atoms with E-state index in [2.05, 4.69) is 10.2 Å². The molecular formula is C18H20N2O3. The number of phenols is 1. The van der Waals surface area contributed by atoms with Gasteiger partial charge in [0.15, 0.2) is 0 Å². The number of carbonyl (C=O) groups is 1. The molecule has 2 rings (SSSR count). The van der Waals surface area contributed by atoms with E-state index in [0.29, 0.717) is 17.0 Å². The van der Waals surface area contributed by atoms with Gasteiger partial charge in [-0.25, -0.2) is 0 Å². The minimum absolute atomic E-state index is 0.206. The Bertz CT molecular complexity index is 729. The molecule has 0 aliphatic heterocycles. The monoisotopic (exact) mass is 312 g/mol. The lowest BCUT2D eigenvalue weighted by Crippen LogP contribution is -2.10. The van der Waals surface area contributed by atoms with Crippen molar-refractivity contribution in [2.75, 3.05) is 7.11 Å². The molecule has 0 aromatic heterocycles. The van der Waals surface area contributed by atoms with Crippen molar-refractivity contribution in [3.05, 3.63) is 53.6 Å². The predicted octanol–water partition coefficient (Wildman–Crippen LogP) is 4.62. The third kappa shape index (κ3) is 4.16. The lowest BCUT2D eigenvalue weighted by molar-refractivity contribution is 0.0995. The molecule has 0 spiro atoms. The van der Waals surface area contributed by atoms with Gasteiger partial charge in [-0.05, 0) is 47.9 Å². The zero-order valence-corrected chi connectivity index (χ0v) is 13.7. The summed E-state index contributed by atoms with van der Waals surface area (Å²) in [6.07, 6.45) is 0. The van der Waals surface area contributed by atoms with Gasteiger partial charge in [-0.15, -0.1) is 10.2 Å². The second-order valence-corrected chi connectivity index (χ2v) is 6.19. The molecule has 120 valence electrons. The van der Waals surface area contributed by atoms with E-state index in [1.165, 1.54) is 0 Å². The first-order valence-corrected chi connectivity index (χ1v) is 7.25. The predicted molar refractivity (Wildman–Crippen MR) is 88.6 cm³/mol. The van der Waals surface area contributed by atoms with Crippen LogP contribution in [-0.4, -0.2) is 18.1 Å². The number of hydrogen-bond donors (Lipinski definition) is 1. The van der Waals surface area contributed by atoms with Crippen LogP contribution in [0.15, 0.2) is 52.7 Å². The van der Waals surface area contributed by atoms with Crippen molar-refractivity contribution in [3.63, 3.8) is 0 Å². The fourth-order valence-electron chi connectivity index (χ4n) is 2.08. The smallest absolute Gasteiger partial charge is 0.295 e. The standard InChI is InChI=1S/C18H20N2O3/c1-18(2,3)15-11-13(7-10-16(15)21)19-20-17(22)12-5-8-14(23-4)9-6-12/h5-11,21H,1-4H3. The van der Waals surface area contributed by atoms with Crippen LogP contribution in [0.25, 0.3) is 0 Å². The molecule has 0 aliphatic carbocycles. The Morgan fingerprint density at radius 3 is 2.30 bits per heavy atom. The van der Waals surface area contributed by atoms with Gasteiger partial charge in [-0.2, -0.15) is 0 Å². The Hall–Kier alpha value is -2.69. The Morgan fingerprint density at radius 2 is 1.74 bits per heavy atom. The van der Waals surface area contributed by atoms with E-state index in [0.717, 1.165) is 5.56 Å². The van der Waals surface area contributed by atoms with Gasteiger partial charge in [0.1, 0.15) is 11.5 Å². The number of phenolic OH excluding ortho intramolecular Hbond substituents is 1. The molecule has 0 bridgehead atoms. The van der Waals surface area contributed by atoms with Crippen LogP contribution in [-0.2, 0) is 5.41 Å². The van der Waals surface area contributed by atoms with Crippen LogP contribution in [0.1, 0.15) is 36.7 Å². The van der Waals surface area contributed by atoms with E-state index >= 15 is 0 Å². The van der Waals surface area contributed by atoms with Gasteiger partial charge in [0, 0.05) is 11.1 Å². The zero-order chi connectivity index (χ0) is 17.0. The molecule has 2 aromatic rings. The van der Waals surface area contributed by atoms with E-state index in [9.17, 15) is 9.90 Å². The highest BCUT2D eigenvalue weighted by molar-refractivity contribution is 5.94. The lowest BCUT2D eigenvalue weighted by Gasteiger charge is -2.20. The summed E-state index contributed by atoms with van der Waals surface area (Å²) in [5, 5.41) is 17.6. The molecule has 0 saturated heterocycles. The van der Waals surface area contributed by atoms with E-state index in [1.54, 1.807) is 49.6 Å². The molecule has 1 amide bonds. The Labute approximate surface area is 135 Å². The van der Waals surface area contributed by atoms with Crippen LogP contribution in [0.4, 0.5) is 5.69 Å². The van der Waals surface area contributed by atoms with Crippen LogP contribution < -0.4 is 4.74 Å². The summed E-state index contributed by atoms with van der Waals surface area (Å²) in [6, 6.07) is 11.6. The number of carbonyl (C=O) groups excluding carboxylic acids is 1. The van der Waals surface area contributed by atoms with Crippen molar-refractivity contribution in [3.8, 4) is 11.5 Å². The molecule has 0 heterocycles. The first-order valence-electron chi connectivity index (χ1n) is 7.25. The number of hydrogen-bond acceptors (Lipinski definition) is 4. The average Bonchev–Trinajstić information content (AvgIpc) is 2.52. The summed E-state index contributed by atoms with van der Waals surface area (Å²) in [5.41, 5.74) is 1.49. The van der Waals surface area contributed by atoms with Gasteiger partial charge in [0.05, 0.1) is 12.8 Å². The van der Waals surface area contributed by atoms with Crippen molar-refractivity contribution in [2.45, 2.75) is 26.2 Å². The van der Waals surface area contributed by atoms with Crippen LogP contribution in [0.2, 0.25) is 0 Å². The zero-order valence-electron chi connectivity index (χ0n) is 13.7. The van der Waals surface area contributed by atoms with Crippen molar-refractivity contribution in [2.24, 2.45) is 10.2 Å². The average molecular weight is 312 g/mol. The van der Waals surface area contributed by atoms with Gasteiger partial charge in [-0.1, -0.05) is 20.8 Å². The minimum Gasteiger partial charge on any atom is -0.508 e. The topological polar surface area (TPSA) is 71.2 Å². The van der Waals surface area contributed by atoms with Gasteiger partial charge in [0.25, 0.3) is 5.91 Å². The normalized spacial score (nSPS) is 11.7. The summed E-state index contributed by atoms with van der Waals surface area (Å²) < 4.78 is 5.05. The molecular weight excluding hydrogens is 292 g/mol. The number of aromatic hydroxyl groups is 1. The third-order valence-electron chi connectivity index (χ3n) is 3.38. The Balaban J connectivity index is 2.20. The molecule has 0 fully saturated rings. The van der Waals surface area contributed by atoms with Crippen molar-refractivity contribution in [1.82, 2.24) is 0 Å². The molecule has 2 aromatic carbocycles. The number of amides is 1. The van der Waals surface area contributed by atoms with E-state index in [1.807, 2.05) is 20.8 Å². The summed E-state index contributed by atoms with van der Waals surface area (Å²) in [6.45, 7) is 5.97. The van der Waals surface area contributed by atoms with Crippen LogP contribution in [0.5, 0.6) is 11.5 Å². The highest BCUT2D eigenvalue weighted by atomic mass is 16.5. The maximum absolute atomic E-state index is 12.0. The Morgan fingerprint density at radius 1 is 1.09 bits per heavy atom. The van der Waals surface area contributed by atoms with Crippen molar-refractivity contribution < 1.29 is 14.6 Å². The van der Waals surface area contributed by atoms with Gasteiger partial charge < -0.3 is 9.84 Å². The third-order valence-corrected chi connectivity index (χ3v) is 3.38. The SMILES string of the molecule is COc1ccc(C(=O)N=Nc2ccc(O)c(C(C)(C)C)c2)cc1. The first-order chi connectivity index (χ1) is 10.8. The van der Waals surface area contributed by atoms with Gasteiger partial charge in [0.2, 0.25) is 0 Å². The number of benzene rings is 2. The largest absolute Gasteiger partial charge is 0.508 e. The van der Waals surface area contributed by atoms with E-state index < -0.39 is 5.91 Å². The van der Waals surface area contributed by atoms with Crippen LogP contribution in [0, 0.1) is 0 Å². The maximum Gasteiger partial charge on any atom is 0.295 e. The second kappa shape index (κ2) is 6.60. The van der Waals surface area contributed by atoms with Crippen LogP contribution >= 0.6 is 0 Å². The van der Waals surface area contributed by atoms with Gasteiger partial charge in [-0.3, -0.25) is 4.79 Å². The number of methoxy groups -OCH3 is 1. The molecule has 0 unspecified atom stereocenters. The molecule has 0 aliphatic rings. The van der Waals surface area contributed by atoms with Crippen molar-refractivity contribution in [1.29, 1.82) is 0 Å². The molecule has 5 heteroatoms. The lowest BCUT2D eigenvalue weighted by atomic mass is 9.86. The van der Waals surface area contributed by atoms with E-state index in [-0.39, 0.29) is 11.2 Å². The number of rotatable bonds is 3. The molecule has 1 N–H and O–H groups in total. The molecule has 0 saturated carbocycles. The molecule has 5 nitrogen and oxygen atoms in total. The highest BCUT2D eigenvalue weighted by Gasteiger charge is 2.18. The number of ether oxygens (including phenoxy) is 1. The summed E-state index contributed by atoms with van der Waals surface area (Å²) in [7, 11) is 1.56. The minimum atomic E-state index is -0.432. The second-order valence-electron chi connectivity index (χ2n) is 6.19. The summed E-state index contributed by atoms with van der Waals surface area (Å²) >= 11 is 0. The van der Waals surface area contributed by atoms with E-state index in [4.69, 9.17) is 4.74 Å². The Kier molecular flexibility index (Phi) is 4.79. The molecule has 0 atom stereocenters. The number of nitrogens with zero attached hydrogens (tertiary/aromatic N) is 2. The molecule has 0 radical (unpaired) electrons.